The SMILES string of the molecule is O=C(COC(=O)c1ccc(Cl)cc1F)Nc1ccccc1Br. The summed E-state index contributed by atoms with van der Waals surface area (Å²) in [5, 5.41) is 2.73. The van der Waals surface area contributed by atoms with E-state index in [9.17, 15) is 14.0 Å². The van der Waals surface area contributed by atoms with E-state index in [0.29, 0.717) is 10.2 Å². The number of hydrogen-bond donors (Lipinski definition) is 1. The van der Waals surface area contributed by atoms with Gasteiger partial charge in [-0.1, -0.05) is 23.7 Å². The van der Waals surface area contributed by atoms with E-state index in [4.69, 9.17) is 16.3 Å². The molecule has 22 heavy (non-hydrogen) atoms. The summed E-state index contributed by atoms with van der Waals surface area (Å²) in [7, 11) is 0. The molecule has 0 atom stereocenters. The Morgan fingerprint density at radius 2 is 1.95 bits per heavy atom. The quantitative estimate of drug-likeness (QED) is 0.807. The van der Waals surface area contributed by atoms with Gasteiger partial charge < -0.3 is 10.1 Å². The number of halogens is 3. The fourth-order valence-corrected chi connectivity index (χ4v) is 2.16. The van der Waals surface area contributed by atoms with Crippen molar-refractivity contribution in [3.05, 3.63) is 63.3 Å². The van der Waals surface area contributed by atoms with Crippen LogP contribution in [-0.2, 0) is 9.53 Å². The number of hydrogen-bond acceptors (Lipinski definition) is 3. The number of para-hydroxylation sites is 1. The van der Waals surface area contributed by atoms with Gasteiger partial charge >= 0.3 is 5.97 Å². The third kappa shape index (κ3) is 4.29. The van der Waals surface area contributed by atoms with E-state index in [1.807, 2.05) is 0 Å². The number of anilines is 1. The van der Waals surface area contributed by atoms with E-state index in [1.165, 1.54) is 12.1 Å². The first-order valence-electron chi connectivity index (χ1n) is 6.14. The van der Waals surface area contributed by atoms with Crippen LogP contribution < -0.4 is 5.32 Å². The number of carbonyl (C=O) groups is 2. The van der Waals surface area contributed by atoms with Gasteiger partial charge in [0.25, 0.3) is 5.91 Å². The lowest BCUT2D eigenvalue weighted by Crippen LogP contribution is -2.21. The van der Waals surface area contributed by atoms with Crippen LogP contribution in [0.3, 0.4) is 0 Å². The highest BCUT2D eigenvalue weighted by atomic mass is 79.9. The lowest BCUT2D eigenvalue weighted by atomic mass is 10.2. The number of amides is 1. The van der Waals surface area contributed by atoms with Crippen LogP contribution in [0, 0.1) is 5.82 Å². The molecule has 0 bridgehead atoms. The molecular formula is C15H10BrClFNO3. The molecule has 2 rings (SSSR count). The predicted molar refractivity (Wildman–Crippen MR) is 84.5 cm³/mol. The van der Waals surface area contributed by atoms with Crippen LogP contribution in [0.25, 0.3) is 0 Å². The number of ether oxygens (including phenoxy) is 1. The van der Waals surface area contributed by atoms with Crippen LogP contribution >= 0.6 is 27.5 Å². The van der Waals surface area contributed by atoms with E-state index in [-0.39, 0.29) is 10.6 Å². The third-order valence-corrected chi connectivity index (χ3v) is 3.56. The van der Waals surface area contributed by atoms with Crippen molar-refractivity contribution >= 4 is 45.1 Å². The number of nitrogens with one attached hydrogen (secondary N) is 1. The maximum atomic E-state index is 13.5. The van der Waals surface area contributed by atoms with Gasteiger partial charge in [-0.05, 0) is 46.3 Å². The van der Waals surface area contributed by atoms with Gasteiger partial charge in [-0.3, -0.25) is 4.79 Å². The zero-order valence-corrected chi connectivity index (χ0v) is 13.4. The number of benzene rings is 2. The maximum Gasteiger partial charge on any atom is 0.341 e. The van der Waals surface area contributed by atoms with Crippen molar-refractivity contribution in [1.82, 2.24) is 0 Å². The standard InChI is InChI=1S/C15H10BrClFNO3/c16-11-3-1-2-4-13(11)19-14(20)8-22-15(21)10-6-5-9(17)7-12(10)18/h1-7H,8H2,(H,19,20). The molecule has 0 spiro atoms. The smallest absolute Gasteiger partial charge is 0.341 e. The summed E-state index contributed by atoms with van der Waals surface area (Å²) in [6, 6.07) is 10.5. The van der Waals surface area contributed by atoms with Crippen molar-refractivity contribution in [3.8, 4) is 0 Å². The molecule has 0 aliphatic rings. The Balaban J connectivity index is 1.93. The van der Waals surface area contributed by atoms with Crippen LogP contribution in [0.4, 0.5) is 10.1 Å². The summed E-state index contributed by atoms with van der Waals surface area (Å²) < 4.78 is 19.0. The van der Waals surface area contributed by atoms with Crippen molar-refractivity contribution in [2.75, 3.05) is 11.9 Å². The molecule has 1 amide bonds. The molecule has 4 nitrogen and oxygen atoms in total. The van der Waals surface area contributed by atoms with Crippen molar-refractivity contribution in [1.29, 1.82) is 0 Å². The van der Waals surface area contributed by atoms with Crippen LogP contribution in [0.15, 0.2) is 46.9 Å². The van der Waals surface area contributed by atoms with E-state index in [0.717, 1.165) is 6.07 Å². The highest BCUT2D eigenvalue weighted by Gasteiger charge is 2.15. The van der Waals surface area contributed by atoms with Crippen molar-refractivity contribution in [3.63, 3.8) is 0 Å². The van der Waals surface area contributed by atoms with Gasteiger partial charge in [-0.15, -0.1) is 0 Å². The summed E-state index contributed by atoms with van der Waals surface area (Å²) in [5.74, 6) is -2.27. The first-order valence-corrected chi connectivity index (χ1v) is 7.31. The minimum absolute atomic E-state index is 0.167. The summed E-state index contributed by atoms with van der Waals surface area (Å²) in [5.41, 5.74) is 0.263. The predicted octanol–water partition coefficient (Wildman–Crippen LogP) is 4.04. The average Bonchev–Trinajstić information content (AvgIpc) is 2.47. The normalized spacial score (nSPS) is 10.1. The molecule has 0 unspecified atom stereocenters. The average molecular weight is 387 g/mol. The van der Waals surface area contributed by atoms with E-state index < -0.39 is 24.3 Å². The molecule has 2 aromatic carbocycles. The Labute approximate surface area is 139 Å². The van der Waals surface area contributed by atoms with Crippen LogP contribution in [0.1, 0.15) is 10.4 Å². The maximum absolute atomic E-state index is 13.5. The monoisotopic (exact) mass is 385 g/mol. The van der Waals surface area contributed by atoms with Gasteiger partial charge in [0, 0.05) is 9.50 Å². The molecular weight excluding hydrogens is 377 g/mol. The van der Waals surface area contributed by atoms with Gasteiger partial charge in [0.05, 0.1) is 11.3 Å². The van der Waals surface area contributed by atoms with Gasteiger partial charge in [0.2, 0.25) is 0 Å². The Morgan fingerprint density at radius 3 is 2.64 bits per heavy atom. The summed E-state index contributed by atoms with van der Waals surface area (Å²) in [6.45, 7) is -0.526. The molecule has 0 saturated carbocycles. The van der Waals surface area contributed by atoms with Crippen LogP contribution in [-0.4, -0.2) is 18.5 Å². The topological polar surface area (TPSA) is 55.4 Å². The number of rotatable bonds is 4. The molecule has 114 valence electrons. The summed E-state index contributed by atoms with van der Waals surface area (Å²) in [6.07, 6.45) is 0. The summed E-state index contributed by atoms with van der Waals surface area (Å²) in [4.78, 5) is 23.4. The van der Waals surface area contributed by atoms with Crippen molar-refractivity contribution in [2.45, 2.75) is 0 Å². The highest BCUT2D eigenvalue weighted by Crippen LogP contribution is 2.21. The van der Waals surface area contributed by atoms with E-state index >= 15 is 0 Å². The fourth-order valence-electron chi connectivity index (χ4n) is 1.61. The van der Waals surface area contributed by atoms with Gasteiger partial charge in [-0.2, -0.15) is 0 Å². The Bertz CT molecular complexity index is 724. The number of esters is 1. The first-order chi connectivity index (χ1) is 10.5. The van der Waals surface area contributed by atoms with Crippen molar-refractivity contribution in [2.24, 2.45) is 0 Å². The first kappa shape index (κ1) is 16.5. The highest BCUT2D eigenvalue weighted by molar-refractivity contribution is 9.10. The molecule has 0 aromatic heterocycles. The molecule has 0 aliphatic carbocycles. The van der Waals surface area contributed by atoms with E-state index in [1.54, 1.807) is 24.3 Å². The van der Waals surface area contributed by atoms with Crippen LogP contribution in [0.2, 0.25) is 5.02 Å². The molecule has 0 radical (unpaired) electrons. The molecule has 2 aromatic rings. The summed E-state index contributed by atoms with van der Waals surface area (Å²) >= 11 is 8.87. The van der Waals surface area contributed by atoms with Crippen LogP contribution in [0.5, 0.6) is 0 Å². The molecule has 0 fully saturated rings. The minimum Gasteiger partial charge on any atom is -0.452 e. The molecule has 7 heteroatoms. The van der Waals surface area contributed by atoms with Gasteiger partial charge in [0.15, 0.2) is 6.61 Å². The number of carbonyl (C=O) groups excluding carboxylic acids is 2. The second kappa shape index (κ2) is 7.38. The fraction of sp³-hybridized carbons (Fsp3) is 0.0667. The second-order valence-corrected chi connectivity index (χ2v) is 5.52. The lowest BCUT2D eigenvalue weighted by Gasteiger charge is -2.08. The molecule has 1 N–H and O–H groups in total. The van der Waals surface area contributed by atoms with Gasteiger partial charge in [-0.25, -0.2) is 9.18 Å². The van der Waals surface area contributed by atoms with Crippen molar-refractivity contribution < 1.29 is 18.7 Å². The molecule has 0 heterocycles. The van der Waals surface area contributed by atoms with Gasteiger partial charge in [0.1, 0.15) is 5.82 Å². The van der Waals surface area contributed by atoms with E-state index in [2.05, 4.69) is 21.2 Å². The zero-order valence-electron chi connectivity index (χ0n) is 11.1. The second-order valence-electron chi connectivity index (χ2n) is 4.23. The third-order valence-electron chi connectivity index (χ3n) is 2.63. The zero-order chi connectivity index (χ0) is 16.1. The Kier molecular flexibility index (Phi) is 5.51. The molecule has 0 saturated heterocycles. The largest absolute Gasteiger partial charge is 0.452 e. The Hall–Kier alpha value is -1.92. The minimum atomic E-state index is -0.934. The molecule has 0 aliphatic heterocycles. The lowest BCUT2D eigenvalue weighted by molar-refractivity contribution is -0.119. The Morgan fingerprint density at radius 1 is 1.23 bits per heavy atom.